The normalized spacial score (nSPS) is 48.6. The van der Waals surface area contributed by atoms with Crippen LogP contribution in [0.4, 0.5) is 0 Å². The maximum absolute atomic E-state index is 12.5. The highest BCUT2D eigenvalue weighted by atomic mass is 16.3. The molecule has 4 rings (SSSR count). The summed E-state index contributed by atoms with van der Waals surface area (Å²) in [5.74, 6) is 1.56. The summed E-state index contributed by atoms with van der Waals surface area (Å²) in [6.07, 6.45) is 7.59. The fourth-order valence-electron chi connectivity index (χ4n) is 8.74. The van der Waals surface area contributed by atoms with Crippen molar-refractivity contribution in [1.82, 2.24) is 4.90 Å². The van der Waals surface area contributed by atoms with Gasteiger partial charge in [-0.25, -0.2) is 0 Å². The molecule has 4 nitrogen and oxygen atoms in total. The van der Waals surface area contributed by atoms with E-state index in [9.17, 15) is 15.0 Å². The van der Waals surface area contributed by atoms with Gasteiger partial charge in [0.1, 0.15) is 0 Å². The van der Waals surface area contributed by atoms with Crippen LogP contribution in [-0.4, -0.2) is 38.8 Å². The largest absolute Gasteiger partial charge is 0.390 e. The van der Waals surface area contributed by atoms with Crippen molar-refractivity contribution in [3.8, 4) is 0 Å². The number of carbonyl (C=O) groups is 1. The topological polar surface area (TPSA) is 60.8 Å². The summed E-state index contributed by atoms with van der Waals surface area (Å²) in [6.45, 7) is 13.3. The second kappa shape index (κ2) is 6.07. The third kappa shape index (κ3) is 2.59. The quantitative estimate of drug-likeness (QED) is 0.747. The molecule has 1 amide bonds. The van der Waals surface area contributed by atoms with E-state index in [1.54, 1.807) is 0 Å². The SMILES string of the molecule is CCN1C(=O)CCC2(C)C1=CCC1C2C(C)(O)CC2(C)C1CCC2C(C)(C)O. The Morgan fingerprint density at radius 1 is 1.25 bits per heavy atom. The number of aliphatic hydroxyl groups is 2. The van der Waals surface area contributed by atoms with Crippen LogP contribution in [0, 0.1) is 34.5 Å². The lowest BCUT2D eigenvalue weighted by Crippen LogP contribution is -2.64. The lowest BCUT2D eigenvalue weighted by atomic mass is 9.44. The van der Waals surface area contributed by atoms with Crippen LogP contribution in [0.1, 0.15) is 80.1 Å². The number of hydrogen-bond acceptors (Lipinski definition) is 3. The first-order chi connectivity index (χ1) is 12.9. The second-order valence-electron chi connectivity index (χ2n) is 11.5. The van der Waals surface area contributed by atoms with Gasteiger partial charge in [0.2, 0.25) is 5.91 Å². The van der Waals surface area contributed by atoms with Gasteiger partial charge in [-0.15, -0.1) is 0 Å². The van der Waals surface area contributed by atoms with Gasteiger partial charge in [-0.2, -0.15) is 0 Å². The van der Waals surface area contributed by atoms with Crippen molar-refractivity contribution in [2.45, 2.75) is 91.3 Å². The molecule has 0 aromatic carbocycles. The Morgan fingerprint density at radius 2 is 1.93 bits per heavy atom. The van der Waals surface area contributed by atoms with Gasteiger partial charge in [-0.1, -0.05) is 19.9 Å². The van der Waals surface area contributed by atoms with E-state index in [0.29, 0.717) is 24.8 Å². The van der Waals surface area contributed by atoms with Crippen molar-refractivity contribution in [2.24, 2.45) is 34.5 Å². The molecule has 2 saturated carbocycles. The second-order valence-corrected chi connectivity index (χ2v) is 11.5. The number of hydrogen-bond donors (Lipinski definition) is 2. The maximum Gasteiger partial charge on any atom is 0.226 e. The highest BCUT2D eigenvalue weighted by Gasteiger charge is 2.67. The van der Waals surface area contributed by atoms with Crippen molar-refractivity contribution in [2.75, 3.05) is 6.54 Å². The molecule has 0 spiro atoms. The first kappa shape index (κ1) is 20.4. The number of nitrogens with zero attached hydrogens (tertiary/aromatic N) is 1. The Bertz CT molecular complexity index is 705. The summed E-state index contributed by atoms with van der Waals surface area (Å²) in [5, 5.41) is 22.8. The number of allylic oxidation sites excluding steroid dienone is 2. The van der Waals surface area contributed by atoms with Gasteiger partial charge < -0.3 is 15.1 Å². The number of carbonyl (C=O) groups excluding carboxylic acids is 1. The average Bonchev–Trinajstić information content (AvgIpc) is 2.90. The molecule has 7 unspecified atom stereocenters. The van der Waals surface area contributed by atoms with Gasteiger partial charge in [0, 0.05) is 30.0 Å². The molecular weight excluding hydrogens is 350 g/mol. The summed E-state index contributed by atoms with van der Waals surface area (Å²) in [4.78, 5) is 14.5. The van der Waals surface area contributed by atoms with Gasteiger partial charge in [-0.3, -0.25) is 4.79 Å². The Kier molecular flexibility index (Phi) is 4.43. The zero-order chi connectivity index (χ0) is 20.7. The molecule has 7 atom stereocenters. The van der Waals surface area contributed by atoms with Crippen LogP contribution in [0.5, 0.6) is 0 Å². The average molecular weight is 390 g/mol. The van der Waals surface area contributed by atoms with Gasteiger partial charge in [0.25, 0.3) is 0 Å². The Labute approximate surface area is 170 Å². The van der Waals surface area contributed by atoms with Crippen LogP contribution in [0.15, 0.2) is 11.8 Å². The molecule has 2 N–H and O–H groups in total. The summed E-state index contributed by atoms with van der Waals surface area (Å²) in [5.41, 5.74) is -0.544. The molecule has 0 aromatic heterocycles. The molecule has 0 bridgehead atoms. The smallest absolute Gasteiger partial charge is 0.226 e. The van der Waals surface area contributed by atoms with E-state index in [-0.39, 0.29) is 28.6 Å². The highest BCUT2D eigenvalue weighted by Crippen LogP contribution is 2.69. The minimum Gasteiger partial charge on any atom is -0.390 e. The lowest BCUT2D eigenvalue weighted by molar-refractivity contribution is -0.195. The van der Waals surface area contributed by atoms with Crippen LogP contribution >= 0.6 is 0 Å². The van der Waals surface area contributed by atoms with Crippen molar-refractivity contribution in [3.05, 3.63) is 11.8 Å². The van der Waals surface area contributed by atoms with Crippen LogP contribution in [0.3, 0.4) is 0 Å². The van der Waals surface area contributed by atoms with Crippen molar-refractivity contribution >= 4 is 5.91 Å². The number of piperidine rings is 1. The first-order valence-electron chi connectivity index (χ1n) is 11.3. The number of amides is 1. The summed E-state index contributed by atoms with van der Waals surface area (Å²) in [6, 6.07) is 0. The number of rotatable bonds is 2. The number of fused-ring (bicyclic) bond motifs is 5. The summed E-state index contributed by atoms with van der Waals surface area (Å²) < 4.78 is 0. The van der Waals surface area contributed by atoms with E-state index in [4.69, 9.17) is 0 Å². The molecule has 3 aliphatic carbocycles. The van der Waals surface area contributed by atoms with Crippen LogP contribution in [-0.2, 0) is 4.79 Å². The highest BCUT2D eigenvalue weighted by molar-refractivity contribution is 5.80. The van der Waals surface area contributed by atoms with Crippen molar-refractivity contribution < 1.29 is 15.0 Å². The molecule has 0 aromatic rings. The van der Waals surface area contributed by atoms with E-state index in [2.05, 4.69) is 26.8 Å². The van der Waals surface area contributed by atoms with Crippen LogP contribution in [0.25, 0.3) is 0 Å². The molecule has 4 aliphatic rings. The maximum atomic E-state index is 12.5. The van der Waals surface area contributed by atoms with Crippen molar-refractivity contribution in [1.29, 1.82) is 0 Å². The predicted molar refractivity (Wildman–Crippen MR) is 110 cm³/mol. The molecule has 158 valence electrons. The molecule has 0 radical (unpaired) electrons. The summed E-state index contributed by atoms with van der Waals surface area (Å²) in [7, 11) is 0. The Morgan fingerprint density at radius 3 is 2.54 bits per heavy atom. The van der Waals surface area contributed by atoms with Gasteiger partial charge in [0.15, 0.2) is 0 Å². The fourth-order valence-corrected chi connectivity index (χ4v) is 8.74. The van der Waals surface area contributed by atoms with E-state index in [1.165, 1.54) is 0 Å². The number of likely N-dealkylation sites (tertiary alicyclic amines) is 1. The van der Waals surface area contributed by atoms with Gasteiger partial charge >= 0.3 is 0 Å². The van der Waals surface area contributed by atoms with E-state index in [0.717, 1.165) is 37.8 Å². The minimum atomic E-state index is -0.794. The summed E-state index contributed by atoms with van der Waals surface area (Å²) >= 11 is 0. The molecule has 1 saturated heterocycles. The van der Waals surface area contributed by atoms with E-state index < -0.39 is 11.2 Å². The van der Waals surface area contributed by atoms with Gasteiger partial charge in [0.05, 0.1) is 11.2 Å². The third-order valence-corrected chi connectivity index (χ3v) is 9.24. The standard InChI is InChI=1S/C24H39NO3/c1-7-25-18-11-8-15-16-9-10-17(21(2,3)27)23(16,5)14-24(6,28)20(15)22(18,4)13-12-19(25)26/h11,15-17,20,27-28H,7-10,12-14H2,1-6H3. The molecular formula is C24H39NO3. The van der Waals surface area contributed by atoms with E-state index in [1.807, 2.05) is 25.7 Å². The molecule has 1 aliphatic heterocycles. The van der Waals surface area contributed by atoms with Crippen LogP contribution in [0.2, 0.25) is 0 Å². The van der Waals surface area contributed by atoms with Crippen molar-refractivity contribution in [3.63, 3.8) is 0 Å². The molecule has 3 fully saturated rings. The molecule has 1 heterocycles. The molecule has 4 heteroatoms. The Balaban J connectivity index is 1.79. The molecule has 28 heavy (non-hydrogen) atoms. The Hall–Kier alpha value is -0.870. The van der Waals surface area contributed by atoms with Crippen LogP contribution < -0.4 is 0 Å². The zero-order valence-electron chi connectivity index (χ0n) is 18.6. The monoisotopic (exact) mass is 389 g/mol. The third-order valence-electron chi connectivity index (χ3n) is 9.24. The van der Waals surface area contributed by atoms with Gasteiger partial charge in [-0.05, 0) is 83.0 Å². The van der Waals surface area contributed by atoms with E-state index >= 15 is 0 Å². The first-order valence-corrected chi connectivity index (χ1v) is 11.3. The predicted octanol–water partition coefficient (Wildman–Crippen LogP) is 4.11. The minimum absolute atomic E-state index is 0.0421. The fraction of sp³-hybridized carbons (Fsp3) is 0.875. The zero-order valence-corrected chi connectivity index (χ0v) is 18.6. The lowest BCUT2D eigenvalue weighted by Gasteiger charge is -2.64.